The van der Waals surface area contributed by atoms with Crippen LogP contribution in [-0.4, -0.2) is 59.1 Å². The maximum absolute atomic E-state index is 12.1. The molecule has 0 radical (unpaired) electrons. The number of carbonyl (C=O) groups excluding carboxylic acids is 1. The number of carbonyl (C=O) groups is 1. The largest absolute Gasteiger partial charge is 0.378 e. The second-order valence-electron chi connectivity index (χ2n) is 7.02. The summed E-state index contributed by atoms with van der Waals surface area (Å²) in [7, 11) is 0. The van der Waals surface area contributed by atoms with Crippen LogP contribution in [0.15, 0.2) is 11.2 Å². The Hall–Kier alpha value is -1.65. The van der Waals surface area contributed by atoms with Crippen LogP contribution in [0.5, 0.6) is 0 Å². The Morgan fingerprint density at radius 2 is 2.00 bits per heavy atom. The number of morpholine rings is 1. The first-order chi connectivity index (χ1) is 13.6. The van der Waals surface area contributed by atoms with E-state index in [1.807, 2.05) is 13.0 Å². The summed E-state index contributed by atoms with van der Waals surface area (Å²) < 4.78 is 5.39. The zero-order valence-corrected chi connectivity index (χ0v) is 17.8. The van der Waals surface area contributed by atoms with E-state index in [4.69, 9.17) is 17.0 Å². The van der Waals surface area contributed by atoms with Crippen molar-refractivity contribution in [1.82, 2.24) is 26.1 Å². The van der Waals surface area contributed by atoms with Crippen molar-refractivity contribution < 1.29 is 9.53 Å². The van der Waals surface area contributed by atoms with Gasteiger partial charge in [-0.15, -0.1) is 0 Å². The van der Waals surface area contributed by atoms with Crippen LogP contribution in [0.2, 0.25) is 0 Å². The van der Waals surface area contributed by atoms with Gasteiger partial charge in [-0.25, -0.2) is 9.97 Å². The molecule has 0 spiro atoms. The number of thioether (sulfide) groups is 1. The summed E-state index contributed by atoms with van der Waals surface area (Å²) in [6, 6.07) is 2.37. The van der Waals surface area contributed by atoms with Gasteiger partial charge in [0.2, 0.25) is 5.91 Å². The first kappa shape index (κ1) is 21.1. The van der Waals surface area contributed by atoms with Crippen LogP contribution in [0.4, 0.5) is 5.82 Å². The van der Waals surface area contributed by atoms with Crippen molar-refractivity contribution >= 4 is 40.8 Å². The molecule has 2 aliphatic rings. The van der Waals surface area contributed by atoms with E-state index in [1.54, 1.807) is 0 Å². The highest BCUT2D eigenvalue weighted by Crippen LogP contribution is 2.20. The summed E-state index contributed by atoms with van der Waals surface area (Å²) in [4.78, 5) is 23.3. The maximum atomic E-state index is 12.1. The van der Waals surface area contributed by atoms with Crippen LogP contribution < -0.4 is 21.1 Å². The summed E-state index contributed by atoms with van der Waals surface area (Å²) in [5.74, 6) is 0.927. The minimum atomic E-state index is -0.171. The van der Waals surface area contributed by atoms with E-state index < -0.39 is 0 Å². The fourth-order valence-electron chi connectivity index (χ4n) is 3.31. The lowest BCUT2D eigenvalue weighted by Crippen LogP contribution is -2.50. The zero-order valence-electron chi connectivity index (χ0n) is 16.2. The number of anilines is 1. The number of aryl methyl sites for hydroxylation is 1. The van der Waals surface area contributed by atoms with E-state index in [2.05, 4.69) is 31.0 Å². The quantitative estimate of drug-likeness (QED) is 0.282. The van der Waals surface area contributed by atoms with Gasteiger partial charge in [0.05, 0.1) is 19.0 Å². The van der Waals surface area contributed by atoms with E-state index in [9.17, 15) is 4.79 Å². The van der Waals surface area contributed by atoms with Gasteiger partial charge < -0.3 is 15.0 Å². The summed E-state index contributed by atoms with van der Waals surface area (Å²) in [5.41, 5.74) is 6.31. The Morgan fingerprint density at radius 3 is 2.75 bits per heavy atom. The van der Waals surface area contributed by atoms with Gasteiger partial charge in [0.15, 0.2) is 10.3 Å². The molecular weight excluding hydrogens is 396 g/mol. The van der Waals surface area contributed by atoms with Crippen LogP contribution >= 0.6 is 24.0 Å². The second kappa shape index (κ2) is 10.8. The molecule has 3 rings (SSSR count). The maximum Gasteiger partial charge on any atom is 0.248 e. The fraction of sp³-hybridized carbons (Fsp3) is 0.667. The molecule has 0 bridgehead atoms. The number of aromatic nitrogens is 2. The Bertz CT molecular complexity index is 678. The van der Waals surface area contributed by atoms with Gasteiger partial charge in [0.25, 0.3) is 0 Å². The van der Waals surface area contributed by atoms with E-state index in [1.165, 1.54) is 31.0 Å². The Morgan fingerprint density at radius 1 is 1.25 bits per heavy atom. The van der Waals surface area contributed by atoms with Crippen LogP contribution in [0.1, 0.15) is 37.8 Å². The van der Waals surface area contributed by atoms with Crippen molar-refractivity contribution in [1.29, 1.82) is 0 Å². The molecule has 3 N–H and O–H groups in total. The molecule has 1 amide bonds. The lowest BCUT2D eigenvalue weighted by atomic mass is 9.96. The van der Waals surface area contributed by atoms with Crippen LogP contribution in [0, 0.1) is 6.92 Å². The first-order valence-electron chi connectivity index (χ1n) is 9.76. The molecule has 1 aliphatic carbocycles. The Kier molecular flexibility index (Phi) is 8.11. The predicted molar refractivity (Wildman–Crippen MR) is 114 cm³/mol. The molecule has 10 heteroatoms. The highest BCUT2D eigenvalue weighted by Gasteiger charge is 2.16. The number of rotatable bonds is 5. The third-order valence-electron chi connectivity index (χ3n) is 4.74. The first-order valence-corrected chi connectivity index (χ1v) is 11.2. The van der Waals surface area contributed by atoms with Gasteiger partial charge >= 0.3 is 0 Å². The van der Waals surface area contributed by atoms with Crippen molar-refractivity contribution in [2.45, 2.75) is 50.2 Å². The molecule has 1 saturated heterocycles. The number of nitrogens with one attached hydrogen (secondary N) is 3. The smallest absolute Gasteiger partial charge is 0.248 e. The zero-order chi connectivity index (χ0) is 19.8. The Labute approximate surface area is 175 Å². The second-order valence-corrected chi connectivity index (χ2v) is 8.37. The van der Waals surface area contributed by atoms with E-state index >= 15 is 0 Å². The van der Waals surface area contributed by atoms with Crippen LogP contribution in [0.25, 0.3) is 0 Å². The SMILES string of the molecule is Cc1cc(N2CCOCC2)nc(SCC(=O)NNC(=S)NC2CCCCC2)n1. The third-order valence-corrected chi connectivity index (χ3v) is 5.81. The molecule has 1 saturated carbocycles. The van der Waals surface area contributed by atoms with E-state index in [0.717, 1.165) is 37.4 Å². The summed E-state index contributed by atoms with van der Waals surface area (Å²) in [5, 5.41) is 4.32. The van der Waals surface area contributed by atoms with Crippen LogP contribution in [-0.2, 0) is 9.53 Å². The molecule has 1 aromatic rings. The number of ether oxygens (including phenoxy) is 1. The van der Waals surface area contributed by atoms with Crippen molar-refractivity contribution in [2.75, 3.05) is 37.0 Å². The fourth-order valence-corrected chi connectivity index (χ4v) is 4.22. The average Bonchev–Trinajstić information content (AvgIpc) is 2.72. The lowest BCUT2D eigenvalue weighted by molar-refractivity contribution is -0.119. The minimum Gasteiger partial charge on any atom is -0.378 e. The molecule has 2 fully saturated rings. The van der Waals surface area contributed by atoms with Crippen LogP contribution in [0.3, 0.4) is 0 Å². The molecule has 2 heterocycles. The number of hydrazine groups is 1. The molecule has 154 valence electrons. The van der Waals surface area contributed by atoms with Gasteiger partial charge in [-0.3, -0.25) is 15.6 Å². The van der Waals surface area contributed by atoms with Crippen molar-refractivity contribution in [2.24, 2.45) is 0 Å². The van der Waals surface area contributed by atoms with Gasteiger partial charge in [-0.2, -0.15) is 0 Å². The standard InChI is InChI=1S/C18H28N6O2S2/c1-13-11-15(24-7-9-26-10-8-24)21-18(19-13)28-12-16(25)22-23-17(27)20-14-5-3-2-4-6-14/h11,14H,2-10,12H2,1H3,(H,22,25)(H2,20,23,27). The Balaban J connectivity index is 1.42. The number of hydrogen-bond donors (Lipinski definition) is 3. The topological polar surface area (TPSA) is 91.4 Å². The predicted octanol–water partition coefficient (Wildman–Crippen LogP) is 1.54. The average molecular weight is 425 g/mol. The van der Waals surface area contributed by atoms with Gasteiger partial charge in [0, 0.05) is 30.9 Å². The normalized spacial score (nSPS) is 17.8. The lowest BCUT2D eigenvalue weighted by Gasteiger charge is -2.28. The van der Waals surface area contributed by atoms with Gasteiger partial charge in [-0.1, -0.05) is 31.0 Å². The third kappa shape index (κ3) is 6.75. The monoisotopic (exact) mass is 424 g/mol. The summed E-state index contributed by atoms with van der Waals surface area (Å²) in [6.07, 6.45) is 6.00. The molecule has 1 aliphatic heterocycles. The summed E-state index contributed by atoms with van der Waals surface area (Å²) >= 11 is 6.57. The number of amides is 1. The number of thiocarbonyl (C=S) groups is 1. The summed E-state index contributed by atoms with van der Waals surface area (Å²) in [6.45, 7) is 4.97. The van der Waals surface area contributed by atoms with Gasteiger partial charge in [0.1, 0.15) is 5.82 Å². The highest BCUT2D eigenvalue weighted by atomic mass is 32.2. The number of hydrogen-bond acceptors (Lipinski definition) is 7. The minimum absolute atomic E-state index is 0.171. The van der Waals surface area contributed by atoms with Gasteiger partial charge in [-0.05, 0) is 32.0 Å². The highest BCUT2D eigenvalue weighted by molar-refractivity contribution is 7.99. The molecule has 28 heavy (non-hydrogen) atoms. The molecule has 0 unspecified atom stereocenters. The van der Waals surface area contributed by atoms with Crippen molar-refractivity contribution in [3.05, 3.63) is 11.8 Å². The molecule has 0 atom stereocenters. The van der Waals surface area contributed by atoms with Crippen molar-refractivity contribution in [3.63, 3.8) is 0 Å². The number of nitrogens with zero attached hydrogens (tertiary/aromatic N) is 3. The molecule has 1 aromatic heterocycles. The molecular formula is C18H28N6O2S2. The molecule has 0 aromatic carbocycles. The molecule has 8 nitrogen and oxygen atoms in total. The van der Waals surface area contributed by atoms with E-state index in [-0.39, 0.29) is 11.7 Å². The van der Waals surface area contributed by atoms with Crippen molar-refractivity contribution in [3.8, 4) is 0 Å². The van der Waals surface area contributed by atoms with E-state index in [0.29, 0.717) is 29.5 Å².